The van der Waals surface area contributed by atoms with Crippen molar-refractivity contribution in [2.24, 2.45) is 0 Å². The Bertz CT molecular complexity index is 502. The van der Waals surface area contributed by atoms with E-state index in [0.29, 0.717) is 4.47 Å². The molecule has 1 aromatic carbocycles. The number of nitrogens with zero attached hydrogens (tertiary/aromatic N) is 1. The van der Waals surface area contributed by atoms with Crippen LogP contribution in [-0.4, -0.2) is 4.98 Å². The average Bonchev–Trinajstić information content (AvgIpc) is 2.35. The molecule has 2 nitrogen and oxygen atoms in total. The summed E-state index contributed by atoms with van der Waals surface area (Å²) in [6.07, 6.45) is 3.52. The van der Waals surface area contributed by atoms with E-state index in [0.717, 1.165) is 11.3 Å². The molecule has 0 radical (unpaired) electrons. The van der Waals surface area contributed by atoms with E-state index in [2.05, 4.69) is 26.2 Å². The third kappa shape index (κ3) is 3.03. The molecule has 0 aliphatic carbocycles. The summed E-state index contributed by atoms with van der Waals surface area (Å²) in [5.41, 5.74) is 2.02. The van der Waals surface area contributed by atoms with Gasteiger partial charge in [0, 0.05) is 24.1 Å². The quantitative estimate of drug-likeness (QED) is 0.919. The molecule has 2 aromatic rings. The highest BCUT2D eigenvalue weighted by atomic mass is 79.9. The number of halogens is 2. The first-order valence-corrected chi connectivity index (χ1v) is 6.07. The van der Waals surface area contributed by atoms with Crippen molar-refractivity contribution >= 4 is 21.6 Å². The Labute approximate surface area is 108 Å². The Kier molecular flexibility index (Phi) is 3.74. The van der Waals surface area contributed by atoms with Crippen molar-refractivity contribution in [3.05, 3.63) is 58.6 Å². The molecular formula is C13H12BrFN2. The minimum Gasteiger partial charge on any atom is -0.378 e. The Morgan fingerprint density at radius 1 is 1.24 bits per heavy atom. The number of benzene rings is 1. The topological polar surface area (TPSA) is 24.9 Å². The standard InChI is InChI=1S/C13H12BrFN2/c1-9(10-4-6-16-7-5-10)17-11-2-3-13(15)12(14)8-11/h2-9,17H,1H3. The number of pyridine rings is 1. The number of hydrogen-bond donors (Lipinski definition) is 1. The van der Waals surface area contributed by atoms with Crippen molar-refractivity contribution in [2.45, 2.75) is 13.0 Å². The first kappa shape index (κ1) is 12.0. The molecule has 4 heteroatoms. The molecule has 2 rings (SSSR count). The third-order valence-electron chi connectivity index (χ3n) is 2.51. The first-order chi connectivity index (χ1) is 8.16. The molecule has 0 aliphatic rings. The van der Waals surface area contributed by atoms with Crippen LogP contribution in [0.4, 0.5) is 10.1 Å². The molecule has 0 aliphatic heterocycles. The van der Waals surface area contributed by atoms with Gasteiger partial charge in [0.25, 0.3) is 0 Å². The van der Waals surface area contributed by atoms with E-state index >= 15 is 0 Å². The highest BCUT2D eigenvalue weighted by Crippen LogP contribution is 2.23. The molecule has 1 N–H and O–H groups in total. The van der Waals surface area contributed by atoms with Crippen molar-refractivity contribution in [1.29, 1.82) is 0 Å². The summed E-state index contributed by atoms with van der Waals surface area (Å²) in [5, 5.41) is 3.30. The smallest absolute Gasteiger partial charge is 0.137 e. The van der Waals surface area contributed by atoms with Gasteiger partial charge in [-0.3, -0.25) is 4.98 Å². The third-order valence-corrected chi connectivity index (χ3v) is 3.12. The van der Waals surface area contributed by atoms with Gasteiger partial charge in [-0.15, -0.1) is 0 Å². The maximum atomic E-state index is 13.1. The molecule has 1 atom stereocenters. The van der Waals surface area contributed by atoms with Crippen LogP contribution in [0.15, 0.2) is 47.2 Å². The molecule has 0 spiro atoms. The Balaban J connectivity index is 2.13. The van der Waals surface area contributed by atoms with Crippen LogP contribution in [0.3, 0.4) is 0 Å². The van der Waals surface area contributed by atoms with Crippen LogP contribution in [0.5, 0.6) is 0 Å². The Morgan fingerprint density at radius 2 is 1.94 bits per heavy atom. The van der Waals surface area contributed by atoms with E-state index in [-0.39, 0.29) is 11.9 Å². The minimum atomic E-state index is -0.257. The predicted molar refractivity (Wildman–Crippen MR) is 70.4 cm³/mol. The summed E-state index contributed by atoms with van der Waals surface area (Å²) in [6.45, 7) is 2.05. The van der Waals surface area contributed by atoms with Gasteiger partial charge in [0.2, 0.25) is 0 Å². The SMILES string of the molecule is CC(Nc1ccc(F)c(Br)c1)c1ccncc1. The van der Waals surface area contributed by atoms with Crippen LogP contribution in [0.1, 0.15) is 18.5 Å². The number of anilines is 1. The fourth-order valence-corrected chi connectivity index (χ4v) is 1.95. The molecular weight excluding hydrogens is 283 g/mol. The lowest BCUT2D eigenvalue weighted by molar-refractivity contribution is 0.621. The molecule has 1 heterocycles. The zero-order valence-electron chi connectivity index (χ0n) is 9.32. The Hall–Kier alpha value is -1.42. The van der Waals surface area contributed by atoms with Gasteiger partial charge in [-0.1, -0.05) is 0 Å². The number of rotatable bonds is 3. The zero-order valence-corrected chi connectivity index (χ0v) is 10.9. The molecule has 0 fully saturated rings. The van der Waals surface area contributed by atoms with Crippen molar-refractivity contribution < 1.29 is 4.39 Å². The van der Waals surface area contributed by atoms with Crippen molar-refractivity contribution in [3.8, 4) is 0 Å². The van der Waals surface area contributed by atoms with Gasteiger partial charge in [0.1, 0.15) is 5.82 Å². The summed E-state index contributed by atoms with van der Waals surface area (Å²) in [6, 6.07) is 8.94. The van der Waals surface area contributed by atoms with Crippen molar-refractivity contribution in [2.75, 3.05) is 5.32 Å². The summed E-state index contributed by atoms with van der Waals surface area (Å²) in [4.78, 5) is 3.98. The van der Waals surface area contributed by atoms with Gasteiger partial charge in [-0.25, -0.2) is 4.39 Å². The van der Waals surface area contributed by atoms with E-state index in [1.807, 2.05) is 19.1 Å². The zero-order chi connectivity index (χ0) is 12.3. The van der Waals surface area contributed by atoms with Crippen LogP contribution in [0, 0.1) is 5.82 Å². The van der Waals surface area contributed by atoms with Crippen LogP contribution in [-0.2, 0) is 0 Å². The van der Waals surface area contributed by atoms with Gasteiger partial charge >= 0.3 is 0 Å². The molecule has 0 amide bonds. The van der Waals surface area contributed by atoms with Gasteiger partial charge in [-0.2, -0.15) is 0 Å². The molecule has 1 aromatic heterocycles. The minimum absolute atomic E-state index is 0.148. The fourth-order valence-electron chi connectivity index (χ4n) is 1.57. The second-order valence-corrected chi connectivity index (χ2v) is 4.63. The summed E-state index contributed by atoms with van der Waals surface area (Å²) in [5.74, 6) is -0.257. The van der Waals surface area contributed by atoms with E-state index < -0.39 is 0 Å². The number of aromatic nitrogens is 1. The maximum absolute atomic E-state index is 13.1. The lowest BCUT2D eigenvalue weighted by Gasteiger charge is -2.15. The van der Waals surface area contributed by atoms with Crippen molar-refractivity contribution in [1.82, 2.24) is 4.98 Å². The summed E-state index contributed by atoms with van der Waals surface area (Å²) in [7, 11) is 0. The van der Waals surface area contributed by atoms with E-state index in [1.165, 1.54) is 6.07 Å². The van der Waals surface area contributed by atoms with Crippen molar-refractivity contribution in [3.63, 3.8) is 0 Å². The van der Waals surface area contributed by atoms with Crippen LogP contribution in [0.25, 0.3) is 0 Å². The van der Waals surface area contributed by atoms with Crippen LogP contribution in [0.2, 0.25) is 0 Å². The van der Waals surface area contributed by atoms with E-state index in [9.17, 15) is 4.39 Å². The van der Waals surface area contributed by atoms with E-state index in [1.54, 1.807) is 24.5 Å². The lowest BCUT2D eigenvalue weighted by atomic mass is 10.1. The van der Waals surface area contributed by atoms with Gasteiger partial charge in [-0.05, 0) is 58.7 Å². The van der Waals surface area contributed by atoms with Gasteiger partial charge in [0.05, 0.1) is 4.47 Å². The highest BCUT2D eigenvalue weighted by molar-refractivity contribution is 9.10. The highest BCUT2D eigenvalue weighted by Gasteiger charge is 2.06. The van der Waals surface area contributed by atoms with E-state index in [4.69, 9.17) is 0 Å². The molecule has 0 saturated heterocycles. The number of nitrogens with one attached hydrogen (secondary N) is 1. The maximum Gasteiger partial charge on any atom is 0.137 e. The summed E-state index contributed by atoms with van der Waals surface area (Å²) < 4.78 is 13.5. The lowest BCUT2D eigenvalue weighted by Crippen LogP contribution is -2.06. The average molecular weight is 295 g/mol. The number of hydrogen-bond acceptors (Lipinski definition) is 2. The van der Waals surface area contributed by atoms with Gasteiger partial charge in [0.15, 0.2) is 0 Å². The summed E-state index contributed by atoms with van der Waals surface area (Å²) >= 11 is 3.17. The predicted octanol–water partition coefficient (Wildman–Crippen LogP) is 4.16. The molecule has 0 bridgehead atoms. The first-order valence-electron chi connectivity index (χ1n) is 5.28. The second-order valence-electron chi connectivity index (χ2n) is 3.78. The Morgan fingerprint density at radius 3 is 2.59 bits per heavy atom. The molecule has 0 saturated carbocycles. The fraction of sp³-hybridized carbons (Fsp3) is 0.154. The van der Waals surface area contributed by atoms with Gasteiger partial charge < -0.3 is 5.32 Å². The second kappa shape index (κ2) is 5.27. The monoisotopic (exact) mass is 294 g/mol. The van der Waals surface area contributed by atoms with Crippen LogP contribution >= 0.6 is 15.9 Å². The molecule has 1 unspecified atom stereocenters. The van der Waals surface area contributed by atoms with Crippen LogP contribution < -0.4 is 5.32 Å². The molecule has 17 heavy (non-hydrogen) atoms. The molecule has 88 valence electrons. The largest absolute Gasteiger partial charge is 0.378 e. The normalized spacial score (nSPS) is 12.2.